The Kier molecular flexibility index (Phi) is 8.28. The number of benzene rings is 2. The number of nitrogens with one attached hydrogen (secondary N) is 1. The minimum atomic E-state index is -0.841. The number of carboxylic acids is 1. The van der Waals surface area contributed by atoms with Gasteiger partial charge in [0.15, 0.2) is 0 Å². The minimum Gasteiger partial charge on any atom is -0.481 e. The third-order valence-electron chi connectivity index (χ3n) is 7.29. The second-order valence-corrected chi connectivity index (χ2v) is 10.4. The van der Waals surface area contributed by atoms with Crippen molar-refractivity contribution in [3.63, 3.8) is 0 Å². The van der Waals surface area contributed by atoms with Gasteiger partial charge in [-0.2, -0.15) is 0 Å². The quantitative estimate of drug-likeness (QED) is 0.519. The molecule has 2 N–H and O–H groups in total. The van der Waals surface area contributed by atoms with E-state index in [-0.39, 0.29) is 42.8 Å². The number of likely N-dealkylation sites (tertiary alicyclic amines) is 1. The van der Waals surface area contributed by atoms with Crippen molar-refractivity contribution < 1.29 is 24.2 Å². The first-order valence-corrected chi connectivity index (χ1v) is 12.9. The number of nitrogens with zero attached hydrogens (tertiary/aromatic N) is 1. The summed E-state index contributed by atoms with van der Waals surface area (Å²) < 4.78 is 5.76. The zero-order valence-electron chi connectivity index (χ0n) is 21.1. The molecule has 1 atom stereocenters. The SMILES string of the molecule is CC(C)C[C@H](CNC(=O)C1CCN(C(=O)OCC2c3ccccc3-c3ccccc32)CC1)CC(=O)O. The summed E-state index contributed by atoms with van der Waals surface area (Å²) in [5.74, 6) is -0.756. The molecule has 0 spiro atoms. The number of hydrogen-bond donors (Lipinski definition) is 2. The predicted octanol–water partition coefficient (Wildman–Crippen LogP) is 4.90. The maximum Gasteiger partial charge on any atom is 0.409 e. The molecular formula is C29H36N2O5. The lowest BCUT2D eigenvalue weighted by Gasteiger charge is -2.31. The maximum absolute atomic E-state index is 12.8. The molecule has 0 unspecified atom stereocenters. The first-order chi connectivity index (χ1) is 17.3. The van der Waals surface area contributed by atoms with E-state index in [1.165, 1.54) is 22.3 Å². The number of piperidine rings is 1. The lowest BCUT2D eigenvalue weighted by molar-refractivity contribution is -0.138. The van der Waals surface area contributed by atoms with Crippen LogP contribution in [0.4, 0.5) is 4.79 Å². The highest BCUT2D eigenvalue weighted by Gasteiger charge is 2.32. The number of amides is 2. The Morgan fingerprint density at radius 1 is 1.00 bits per heavy atom. The number of rotatable bonds is 9. The molecular weight excluding hydrogens is 456 g/mol. The zero-order valence-corrected chi connectivity index (χ0v) is 21.1. The van der Waals surface area contributed by atoms with Gasteiger partial charge < -0.3 is 20.1 Å². The highest BCUT2D eigenvalue weighted by Crippen LogP contribution is 2.44. The number of carbonyl (C=O) groups is 3. The molecule has 2 aromatic carbocycles. The van der Waals surface area contributed by atoms with Crippen molar-refractivity contribution in [2.24, 2.45) is 17.8 Å². The minimum absolute atomic E-state index is 0.0225. The summed E-state index contributed by atoms with van der Waals surface area (Å²) in [4.78, 5) is 38.3. The molecule has 0 radical (unpaired) electrons. The van der Waals surface area contributed by atoms with E-state index in [0.717, 1.165) is 6.42 Å². The first kappa shape index (κ1) is 25.7. The van der Waals surface area contributed by atoms with Crippen LogP contribution in [-0.4, -0.2) is 54.2 Å². The molecule has 0 bridgehead atoms. The predicted molar refractivity (Wildman–Crippen MR) is 138 cm³/mol. The van der Waals surface area contributed by atoms with Gasteiger partial charge in [-0.05, 0) is 53.4 Å². The zero-order chi connectivity index (χ0) is 25.7. The average molecular weight is 493 g/mol. The third-order valence-corrected chi connectivity index (χ3v) is 7.29. The number of ether oxygens (including phenoxy) is 1. The van der Waals surface area contributed by atoms with Crippen LogP contribution >= 0.6 is 0 Å². The Hall–Kier alpha value is -3.35. The lowest BCUT2D eigenvalue weighted by Crippen LogP contribution is -2.44. The Morgan fingerprint density at radius 3 is 2.14 bits per heavy atom. The van der Waals surface area contributed by atoms with Gasteiger partial charge in [0, 0.05) is 37.9 Å². The van der Waals surface area contributed by atoms with E-state index in [1.54, 1.807) is 4.90 Å². The van der Waals surface area contributed by atoms with Gasteiger partial charge in [0.1, 0.15) is 6.61 Å². The third kappa shape index (κ3) is 6.07. The normalized spacial score (nSPS) is 16.4. The van der Waals surface area contributed by atoms with E-state index >= 15 is 0 Å². The van der Waals surface area contributed by atoms with Gasteiger partial charge in [-0.1, -0.05) is 62.4 Å². The van der Waals surface area contributed by atoms with E-state index in [0.29, 0.717) is 38.4 Å². The number of aliphatic carboxylic acids is 1. The number of hydrogen-bond acceptors (Lipinski definition) is 4. The molecule has 7 heteroatoms. The van der Waals surface area contributed by atoms with Crippen LogP contribution < -0.4 is 5.32 Å². The second kappa shape index (κ2) is 11.6. The standard InChI is InChI=1S/C29H36N2O5/c1-19(2)15-20(16-27(32)33)17-30-28(34)21-11-13-31(14-12-21)29(35)36-18-26-24-9-5-3-7-22(24)23-8-4-6-10-25(23)26/h3-10,19-21,26H,11-18H2,1-2H3,(H,30,34)(H,32,33)/t20-/m0/s1. The van der Waals surface area contributed by atoms with Crippen molar-refractivity contribution in [2.45, 2.75) is 45.4 Å². The van der Waals surface area contributed by atoms with Crippen molar-refractivity contribution in [2.75, 3.05) is 26.2 Å². The molecule has 2 amide bonds. The van der Waals surface area contributed by atoms with Crippen LogP contribution in [0.5, 0.6) is 0 Å². The first-order valence-electron chi connectivity index (χ1n) is 12.9. The molecule has 36 heavy (non-hydrogen) atoms. The fraction of sp³-hybridized carbons (Fsp3) is 0.483. The van der Waals surface area contributed by atoms with Crippen LogP contribution in [0, 0.1) is 17.8 Å². The van der Waals surface area contributed by atoms with Gasteiger partial charge in [-0.3, -0.25) is 9.59 Å². The van der Waals surface area contributed by atoms with Gasteiger partial charge in [0.05, 0.1) is 0 Å². The summed E-state index contributed by atoms with van der Waals surface area (Å²) in [7, 11) is 0. The fourth-order valence-corrected chi connectivity index (χ4v) is 5.55. The van der Waals surface area contributed by atoms with Crippen molar-refractivity contribution >= 4 is 18.0 Å². The van der Waals surface area contributed by atoms with Crippen LogP contribution in [0.2, 0.25) is 0 Å². The van der Waals surface area contributed by atoms with Crippen LogP contribution in [0.15, 0.2) is 48.5 Å². The van der Waals surface area contributed by atoms with E-state index in [2.05, 4.69) is 43.4 Å². The molecule has 2 aromatic rings. The van der Waals surface area contributed by atoms with Crippen molar-refractivity contribution in [1.82, 2.24) is 10.2 Å². The molecule has 1 fully saturated rings. The summed E-state index contributed by atoms with van der Waals surface area (Å²) in [5, 5.41) is 12.1. The van der Waals surface area contributed by atoms with Gasteiger partial charge in [-0.15, -0.1) is 0 Å². The molecule has 7 nitrogen and oxygen atoms in total. The number of carboxylic acid groups (broad SMARTS) is 1. The summed E-state index contributed by atoms with van der Waals surface area (Å²) in [6, 6.07) is 16.5. The topological polar surface area (TPSA) is 95.9 Å². The van der Waals surface area contributed by atoms with Crippen LogP contribution in [0.3, 0.4) is 0 Å². The molecule has 2 aliphatic rings. The highest BCUT2D eigenvalue weighted by molar-refractivity contribution is 5.80. The average Bonchev–Trinajstić information content (AvgIpc) is 3.19. The molecule has 1 heterocycles. The molecule has 0 saturated carbocycles. The Morgan fingerprint density at radius 2 is 1.58 bits per heavy atom. The van der Waals surface area contributed by atoms with Crippen molar-refractivity contribution in [1.29, 1.82) is 0 Å². The van der Waals surface area contributed by atoms with Gasteiger partial charge in [0.25, 0.3) is 0 Å². The number of carbonyl (C=O) groups excluding carboxylic acids is 2. The van der Waals surface area contributed by atoms with Crippen LogP contribution in [0.25, 0.3) is 11.1 Å². The monoisotopic (exact) mass is 492 g/mol. The smallest absolute Gasteiger partial charge is 0.409 e. The van der Waals surface area contributed by atoms with Gasteiger partial charge >= 0.3 is 12.1 Å². The molecule has 192 valence electrons. The fourth-order valence-electron chi connectivity index (χ4n) is 5.55. The molecule has 0 aromatic heterocycles. The van der Waals surface area contributed by atoms with E-state index in [1.807, 2.05) is 24.3 Å². The van der Waals surface area contributed by atoms with Gasteiger partial charge in [0.2, 0.25) is 5.91 Å². The Labute approximate surface area is 212 Å². The van der Waals surface area contributed by atoms with E-state index in [9.17, 15) is 14.4 Å². The summed E-state index contributed by atoms with van der Waals surface area (Å²) in [6.45, 7) is 5.70. The lowest BCUT2D eigenvalue weighted by atomic mass is 9.92. The summed E-state index contributed by atoms with van der Waals surface area (Å²) >= 11 is 0. The summed E-state index contributed by atoms with van der Waals surface area (Å²) in [5.41, 5.74) is 4.75. The molecule has 1 aliphatic heterocycles. The van der Waals surface area contributed by atoms with Crippen LogP contribution in [0.1, 0.15) is 56.6 Å². The molecule has 4 rings (SSSR count). The van der Waals surface area contributed by atoms with E-state index < -0.39 is 5.97 Å². The Bertz CT molecular complexity index is 1050. The largest absolute Gasteiger partial charge is 0.481 e. The Balaban J connectivity index is 1.25. The van der Waals surface area contributed by atoms with Crippen molar-refractivity contribution in [3.8, 4) is 11.1 Å². The van der Waals surface area contributed by atoms with Gasteiger partial charge in [-0.25, -0.2) is 4.79 Å². The van der Waals surface area contributed by atoms with E-state index in [4.69, 9.17) is 9.84 Å². The van der Waals surface area contributed by atoms with Crippen molar-refractivity contribution in [3.05, 3.63) is 59.7 Å². The molecule has 1 saturated heterocycles. The molecule has 1 aliphatic carbocycles. The maximum atomic E-state index is 12.8. The van der Waals surface area contributed by atoms with Crippen LogP contribution in [-0.2, 0) is 14.3 Å². The second-order valence-electron chi connectivity index (χ2n) is 10.4. The number of fused-ring (bicyclic) bond motifs is 3. The summed E-state index contributed by atoms with van der Waals surface area (Å²) in [6.07, 6.45) is 1.62. The highest BCUT2D eigenvalue weighted by atomic mass is 16.6.